The van der Waals surface area contributed by atoms with Gasteiger partial charge in [0.2, 0.25) is 0 Å². The van der Waals surface area contributed by atoms with Crippen LogP contribution < -0.4 is 10.9 Å². The molecule has 0 aliphatic carbocycles. The molecule has 0 aliphatic rings. The summed E-state index contributed by atoms with van der Waals surface area (Å²) >= 11 is 1.06. The van der Waals surface area contributed by atoms with Crippen LogP contribution in [0, 0.1) is 13.8 Å². The molecule has 0 saturated carbocycles. The number of unbranched alkanes of at least 4 members (excludes halogenated alkanes) is 1. The van der Waals surface area contributed by atoms with E-state index in [2.05, 4.69) is 10.3 Å². The number of carbonyl (C=O) groups is 2. The monoisotopic (exact) mass is 338 g/mol. The van der Waals surface area contributed by atoms with Crippen LogP contribution in [0.5, 0.6) is 0 Å². The molecular formula is C15H18N2O5S. The first-order valence-corrected chi connectivity index (χ1v) is 8.11. The van der Waals surface area contributed by atoms with Gasteiger partial charge in [-0.3, -0.25) is 4.79 Å². The van der Waals surface area contributed by atoms with Crippen molar-refractivity contribution in [2.75, 3.05) is 0 Å². The van der Waals surface area contributed by atoms with Crippen LogP contribution in [-0.2, 0) is 4.79 Å². The highest BCUT2D eigenvalue weighted by atomic mass is 32.1. The zero-order chi connectivity index (χ0) is 17.1. The van der Waals surface area contributed by atoms with Crippen molar-refractivity contribution in [1.29, 1.82) is 0 Å². The van der Waals surface area contributed by atoms with Gasteiger partial charge in [0.25, 0.3) is 5.91 Å². The minimum absolute atomic E-state index is 0.224. The highest BCUT2D eigenvalue weighted by molar-refractivity contribution is 7.20. The number of aliphatic carboxylic acids is 1. The largest absolute Gasteiger partial charge is 0.480 e. The van der Waals surface area contributed by atoms with Gasteiger partial charge >= 0.3 is 11.6 Å². The topological polar surface area (TPSA) is 110 Å². The fourth-order valence-corrected chi connectivity index (χ4v) is 3.39. The molecule has 0 bridgehead atoms. The lowest BCUT2D eigenvalue weighted by Crippen LogP contribution is -2.40. The zero-order valence-electron chi connectivity index (χ0n) is 13.1. The molecule has 2 N–H and O–H groups in total. The number of carboxylic acid groups (broad SMARTS) is 1. The van der Waals surface area contributed by atoms with E-state index in [0.717, 1.165) is 17.8 Å². The van der Waals surface area contributed by atoms with Crippen LogP contribution in [0.25, 0.3) is 10.2 Å². The molecule has 2 rings (SSSR count). The SMILES string of the molecule is CCCCC(NC(=O)c1sc2nc(C)oc(=O)c2c1C)C(=O)O. The lowest BCUT2D eigenvalue weighted by molar-refractivity contribution is -0.139. The third kappa shape index (κ3) is 3.58. The Bertz CT molecular complexity index is 808. The van der Waals surface area contributed by atoms with Crippen LogP contribution in [0.1, 0.15) is 47.3 Å². The van der Waals surface area contributed by atoms with Crippen molar-refractivity contribution >= 4 is 33.4 Å². The van der Waals surface area contributed by atoms with Crippen LogP contribution in [0.15, 0.2) is 9.21 Å². The average Bonchev–Trinajstić information content (AvgIpc) is 2.79. The number of carboxylic acids is 1. The Morgan fingerprint density at radius 3 is 2.70 bits per heavy atom. The van der Waals surface area contributed by atoms with Gasteiger partial charge in [-0.1, -0.05) is 19.8 Å². The second-order valence-corrected chi connectivity index (χ2v) is 6.26. The molecular weight excluding hydrogens is 320 g/mol. The molecule has 0 fully saturated rings. The molecule has 0 saturated heterocycles. The van der Waals surface area contributed by atoms with Crippen molar-refractivity contribution in [1.82, 2.24) is 10.3 Å². The molecule has 0 aliphatic heterocycles. The van der Waals surface area contributed by atoms with Crippen molar-refractivity contribution in [2.45, 2.75) is 46.1 Å². The molecule has 0 radical (unpaired) electrons. The fraction of sp³-hybridized carbons (Fsp3) is 0.467. The highest BCUT2D eigenvalue weighted by Crippen LogP contribution is 2.27. The first kappa shape index (κ1) is 17.1. The number of aryl methyl sites for hydroxylation is 2. The van der Waals surface area contributed by atoms with Gasteiger partial charge in [0, 0.05) is 6.92 Å². The molecule has 0 aromatic carbocycles. The first-order chi connectivity index (χ1) is 10.8. The summed E-state index contributed by atoms with van der Waals surface area (Å²) in [5.74, 6) is -1.35. The van der Waals surface area contributed by atoms with Crippen LogP contribution in [0.3, 0.4) is 0 Å². The molecule has 2 heterocycles. The summed E-state index contributed by atoms with van der Waals surface area (Å²) in [6.07, 6.45) is 1.90. The summed E-state index contributed by atoms with van der Waals surface area (Å²) in [4.78, 5) is 40.3. The van der Waals surface area contributed by atoms with E-state index in [9.17, 15) is 19.5 Å². The quantitative estimate of drug-likeness (QED) is 0.836. The zero-order valence-corrected chi connectivity index (χ0v) is 14.0. The van der Waals surface area contributed by atoms with E-state index < -0.39 is 23.5 Å². The predicted octanol–water partition coefficient (Wildman–Crippen LogP) is 2.24. The Balaban J connectivity index is 2.34. The number of carbonyl (C=O) groups excluding carboxylic acids is 1. The number of nitrogens with zero attached hydrogens (tertiary/aromatic N) is 1. The van der Waals surface area contributed by atoms with E-state index >= 15 is 0 Å². The van der Waals surface area contributed by atoms with Gasteiger partial charge in [-0.2, -0.15) is 0 Å². The molecule has 0 spiro atoms. The number of hydrogen-bond acceptors (Lipinski definition) is 6. The predicted molar refractivity (Wildman–Crippen MR) is 86.0 cm³/mol. The molecule has 8 heteroatoms. The van der Waals surface area contributed by atoms with Gasteiger partial charge in [-0.05, 0) is 18.9 Å². The van der Waals surface area contributed by atoms with Gasteiger partial charge in [0.1, 0.15) is 16.3 Å². The number of rotatable bonds is 6. The number of aromatic nitrogens is 1. The third-order valence-electron chi connectivity index (χ3n) is 3.49. The van der Waals surface area contributed by atoms with Gasteiger partial charge in [-0.25, -0.2) is 14.6 Å². The van der Waals surface area contributed by atoms with Crippen LogP contribution in [0.2, 0.25) is 0 Å². The Labute approximate surface area is 136 Å². The number of hydrogen-bond donors (Lipinski definition) is 2. The second kappa shape index (κ2) is 6.91. The Kier molecular flexibility index (Phi) is 5.15. The molecule has 7 nitrogen and oxygen atoms in total. The molecule has 1 unspecified atom stereocenters. The summed E-state index contributed by atoms with van der Waals surface area (Å²) < 4.78 is 4.95. The molecule has 2 aromatic heterocycles. The summed E-state index contributed by atoms with van der Waals surface area (Å²) in [6, 6.07) is -0.946. The van der Waals surface area contributed by atoms with Gasteiger partial charge in [0.05, 0.1) is 4.88 Å². The van der Waals surface area contributed by atoms with E-state index in [1.54, 1.807) is 13.8 Å². The van der Waals surface area contributed by atoms with Gasteiger partial charge in [0.15, 0.2) is 5.89 Å². The fourth-order valence-electron chi connectivity index (χ4n) is 2.27. The van der Waals surface area contributed by atoms with Gasteiger partial charge < -0.3 is 14.8 Å². The summed E-state index contributed by atoms with van der Waals surface area (Å²) in [5, 5.41) is 12.0. The molecule has 1 atom stereocenters. The maximum Gasteiger partial charge on any atom is 0.348 e. The Hall–Kier alpha value is -2.22. The minimum Gasteiger partial charge on any atom is -0.480 e. The van der Waals surface area contributed by atoms with E-state index in [1.165, 1.54) is 0 Å². The van der Waals surface area contributed by atoms with Crippen molar-refractivity contribution in [3.8, 4) is 0 Å². The number of fused-ring (bicyclic) bond motifs is 1. The van der Waals surface area contributed by atoms with Crippen LogP contribution in [-0.4, -0.2) is 28.0 Å². The number of nitrogens with one attached hydrogen (secondary N) is 1. The van der Waals surface area contributed by atoms with Crippen LogP contribution in [0.4, 0.5) is 0 Å². The first-order valence-electron chi connectivity index (χ1n) is 7.29. The Morgan fingerprint density at radius 1 is 1.39 bits per heavy atom. The average molecular weight is 338 g/mol. The Morgan fingerprint density at radius 2 is 2.09 bits per heavy atom. The smallest absolute Gasteiger partial charge is 0.348 e. The van der Waals surface area contributed by atoms with Crippen molar-refractivity contribution in [2.24, 2.45) is 0 Å². The van der Waals surface area contributed by atoms with Crippen molar-refractivity contribution in [3.05, 3.63) is 26.8 Å². The summed E-state index contributed by atoms with van der Waals surface area (Å²) in [5.41, 5.74) is -0.0792. The number of amides is 1. The summed E-state index contributed by atoms with van der Waals surface area (Å²) in [6.45, 7) is 5.13. The van der Waals surface area contributed by atoms with E-state index in [1.807, 2.05) is 6.92 Å². The van der Waals surface area contributed by atoms with E-state index in [-0.39, 0.29) is 16.2 Å². The minimum atomic E-state index is -1.07. The van der Waals surface area contributed by atoms with E-state index in [4.69, 9.17) is 4.42 Å². The lowest BCUT2D eigenvalue weighted by atomic mass is 10.1. The summed E-state index contributed by atoms with van der Waals surface area (Å²) in [7, 11) is 0. The highest BCUT2D eigenvalue weighted by Gasteiger charge is 2.24. The van der Waals surface area contributed by atoms with Crippen LogP contribution >= 0.6 is 11.3 Å². The van der Waals surface area contributed by atoms with E-state index in [0.29, 0.717) is 23.2 Å². The molecule has 23 heavy (non-hydrogen) atoms. The van der Waals surface area contributed by atoms with Crippen molar-refractivity contribution in [3.63, 3.8) is 0 Å². The lowest BCUT2D eigenvalue weighted by Gasteiger charge is -2.13. The number of thiophene rings is 1. The molecule has 1 amide bonds. The van der Waals surface area contributed by atoms with Gasteiger partial charge in [-0.15, -0.1) is 11.3 Å². The maximum atomic E-state index is 12.4. The van der Waals surface area contributed by atoms with Crippen molar-refractivity contribution < 1.29 is 19.1 Å². The normalized spacial score (nSPS) is 12.3. The second-order valence-electron chi connectivity index (χ2n) is 5.26. The standard InChI is InChI=1S/C15H18N2O5S/c1-4-5-6-9(14(19)20)17-12(18)11-7(2)10-13(23-11)16-8(3)22-15(10)21/h9H,4-6H2,1-3H3,(H,17,18)(H,19,20). The maximum absolute atomic E-state index is 12.4. The third-order valence-corrected chi connectivity index (χ3v) is 4.67. The molecule has 2 aromatic rings. The molecule has 124 valence electrons.